The summed E-state index contributed by atoms with van der Waals surface area (Å²) in [6, 6.07) is 7.78. The topological polar surface area (TPSA) is 99.9 Å². The number of thioether (sulfide) groups is 1. The van der Waals surface area contributed by atoms with Gasteiger partial charge in [-0.25, -0.2) is 4.98 Å². The first kappa shape index (κ1) is 18.7. The average Bonchev–Trinajstić information content (AvgIpc) is 3.41. The standard InChI is InChI=1S/C19H22N6O2S/c26-18(17-4-3-16(27-17)12-28-19-21-13-22-24-19)23-15-5-8-25(9-6-15)11-14-2-1-7-20-10-14/h1-4,7,10,13,15H,5-6,8-9,11-12H2,(H,23,26)(H,21,22,24). The van der Waals surface area contributed by atoms with Crippen molar-refractivity contribution >= 4 is 17.7 Å². The maximum Gasteiger partial charge on any atom is 0.287 e. The smallest absolute Gasteiger partial charge is 0.287 e. The van der Waals surface area contributed by atoms with E-state index in [4.69, 9.17) is 4.42 Å². The zero-order valence-electron chi connectivity index (χ0n) is 15.4. The fraction of sp³-hybridized carbons (Fsp3) is 0.368. The summed E-state index contributed by atoms with van der Waals surface area (Å²) in [5, 5.41) is 10.4. The molecule has 28 heavy (non-hydrogen) atoms. The number of furan rings is 1. The van der Waals surface area contributed by atoms with E-state index in [1.807, 2.05) is 18.3 Å². The molecule has 1 aliphatic heterocycles. The summed E-state index contributed by atoms with van der Waals surface area (Å²) in [7, 11) is 0. The van der Waals surface area contributed by atoms with Crippen molar-refractivity contribution in [1.29, 1.82) is 0 Å². The molecule has 0 atom stereocenters. The number of rotatable bonds is 7. The number of H-pyrrole nitrogens is 1. The van der Waals surface area contributed by atoms with Gasteiger partial charge >= 0.3 is 0 Å². The van der Waals surface area contributed by atoms with Crippen LogP contribution in [0.4, 0.5) is 0 Å². The molecule has 0 unspecified atom stereocenters. The quantitative estimate of drug-likeness (QED) is 0.590. The Hall–Kier alpha value is -2.65. The number of nitrogens with zero attached hydrogens (tertiary/aromatic N) is 4. The minimum Gasteiger partial charge on any atom is -0.455 e. The molecule has 0 aromatic carbocycles. The van der Waals surface area contributed by atoms with Crippen molar-refractivity contribution in [2.75, 3.05) is 13.1 Å². The lowest BCUT2D eigenvalue weighted by atomic mass is 10.0. The van der Waals surface area contributed by atoms with Crippen molar-refractivity contribution in [2.24, 2.45) is 0 Å². The molecule has 1 saturated heterocycles. The minimum atomic E-state index is -0.151. The maximum absolute atomic E-state index is 12.5. The molecule has 4 heterocycles. The Kier molecular flexibility index (Phi) is 6.03. The fourth-order valence-electron chi connectivity index (χ4n) is 3.22. The van der Waals surface area contributed by atoms with Crippen LogP contribution in [0.15, 0.2) is 52.6 Å². The Balaban J connectivity index is 1.22. The number of piperidine rings is 1. The Morgan fingerprint density at radius 1 is 1.32 bits per heavy atom. The average molecular weight is 398 g/mol. The number of amides is 1. The molecule has 3 aromatic rings. The molecule has 146 valence electrons. The Morgan fingerprint density at radius 3 is 2.96 bits per heavy atom. The molecule has 2 N–H and O–H groups in total. The van der Waals surface area contributed by atoms with Gasteiger partial charge in [-0.15, -0.1) is 0 Å². The van der Waals surface area contributed by atoms with Crippen molar-refractivity contribution in [3.8, 4) is 0 Å². The SMILES string of the molecule is O=C(NC1CCN(Cc2cccnc2)CC1)c1ccc(CSc2ncn[nH]2)o1. The molecule has 1 amide bonds. The van der Waals surface area contributed by atoms with Gasteiger partial charge in [0.25, 0.3) is 5.91 Å². The van der Waals surface area contributed by atoms with Crippen molar-refractivity contribution in [3.63, 3.8) is 0 Å². The molecule has 0 saturated carbocycles. The highest BCUT2D eigenvalue weighted by molar-refractivity contribution is 7.98. The normalized spacial score (nSPS) is 15.6. The van der Waals surface area contributed by atoms with Crippen LogP contribution >= 0.6 is 11.8 Å². The van der Waals surface area contributed by atoms with Crippen LogP contribution in [0.1, 0.15) is 34.7 Å². The van der Waals surface area contributed by atoms with Gasteiger partial charge in [0.15, 0.2) is 10.9 Å². The van der Waals surface area contributed by atoms with E-state index < -0.39 is 0 Å². The number of nitrogens with one attached hydrogen (secondary N) is 2. The molecule has 0 aliphatic carbocycles. The van der Waals surface area contributed by atoms with Crippen LogP contribution in [0.25, 0.3) is 0 Å². The highest BCUT2D eigenvalue weighted by atomic mass is 32.2. The summed E-state index contributed by atoms with van der Waals surface area (Å²) in [6.45, 7) is 2.81. The van der Waals surface area contributed by atoms with Gasteiger partial charge in [-0.05, 0) is 36.6 Å². The van der Waals surface area contributed by atoms with E-state index in [9.17, 15) is 4.79 Å². The van der Waals surface area contributed by atoms with E-state index in [0.717, 1.165) is 43.4 Å². The van der Waals surface area contributed by atoms with Gasteiger partial charge in [-0.2, -0.15) is 5.10 Å². The summed E-state index contributed by atoms with van der Waals surface area (Å²) in [6.07, 6.45) is 7.02. The van der Waals surface area contributed by atoms with Crippen LogP contribution in [0.5, 0.6) is 0 Å². The van der Waals surface area contributed by atoms with Crippen LogP contribution < -0.4 is 5.32 Å². The number of hydrogen-bond acceptors (Lipinski definition) is 7. The lowest BCUT2D eigenvalue weighted by Gasteiger charge is -2.32. The lowest BCUT2D eigenvalue weighted by molar-refractivity contribution is 0.0879. The Bertz CT molecular complexity index is 875. The third-order valence-corrected chi connectivity index (χ3v) is 5.58. The van der Waals surface area contributed by atoms with Crippen LogP contribution in [0.3, 0.4) is 0 Å². The molecular weight excluding hydrogens is 376 g/mol. The van der Waals surface area contributed by atoms with Crippen LogP contribution in [-0.4, -0.2) is 50.1 Å². The second-order valence-corrected chi connectivity index (χ2v) is 7.69. The van der Waals surface area contributed by atoms with Gasteiger partial charge in [0.2, 0.25) is 0 Å². The highest BCUT2D eigenvalue weighted by Crippen LogP contribution is 2.20. The summed E-state index contributed by atoms with van der Waals surface area (Å²) < 4.78 is 5.67. The van der Waals surface area contributed by atoms with Crippen LogP contribution in [0.2, 0.25) is 0 Å². The van der Waals surface area contributed by atoms with Crippen molar-refractivity contribution in [3.05, 3.63) is 60.1 Å². The zero-order valence-corrected chi connectivity index (χ0v) is 16.2. The first-order valence-electron chi connectivity index (χ1n) is 9.25. The van der Waals surface area contributed by atoms with Gasteiger partial charge in [-0.3, -0.25) is 19.8 Å². The Labute approximate surface area is 167 Å². The number of likely N-dealkylation sites (tertiary alicyclic amines) is 1. The molecule has 9 heteroatoms. The van der Waals surface area contributed by atoms with Gasteiger partial charge in [0, 0.05) is 38.1 Å². The van der Waals surface area contributed by atoms with E-state index in [2.05, 4.69) is 36.4 Å². The first-order chi connectivity index (χ1) is 13.8. The summed E-state index contributed by atoms with van der Waals surface area (Å²) in [4.78, 5) is 23.1. The van der Waals surface area contributed by atoms with E-state index in [1.165, 1.54) is 23.7 Å². The number of hydrogen-bond donors (Lipinski definition) is 2. The predicted octanol–water partition coefficient (Wildman–Crippen LogP) is 2.48. The number of carbonyl (C=O) groups excluding carboxylic acids is 1. The summed E-state index contributed by atoms with van der Waals surface area (Å²) in [5.41, 5.74) is 1.22. The molecule has 3 aromatic heterocycles. The molecule has 0 radical (unpaired) electrons. The maximum atomic E-state index is 12.5. The van der Waals surface area contributed by atoms with Crippen molar-refractivity contribution in [1.82, 2.24) is 30.4 Å². The molecule has 1 fully saturated rings. The van der Waals surface area contributed by atoms with E-state index in [-0.39, 0.29) is 11.9 Å². The van der Waals surface area contributed by atoms with E-state index in [0.29, 0.717) is 11.5 Å². The van der Waals surface area contributed by atoms with Gasteiger partial charge in [-0.1, -0.05) is 17.8 Å². The summed E-state index contributed by atoms with van der Waals surface area (Å²) >= 11 is 1.48. The zero-order chi connectivity index (χ0) is 19.2. The van der Waals surface area contributed by atoms with Crippen molar-refractivity contribution < 1.29 is 9.21 Å². The largest absolute Gasteiger partial charge is 0.455 e. The molecular formula is C19H22N6O2S. The van der Waals surface area contributed by atoms with E-state index in [1.54, 1.807) is 12.3 Å². The predicted molar refractivity (Wildman–Crippen MR) is 105 cm³/mol. The second-order valence-electron chi connectivity index (χ2n) is 6.73. The highest BCUT2D eigenvalue weighted by Gasteiger charge is 2.22. The van der Waals surface area contributed by atoms with Crippen LogP contribution in [0, 0.1) is 0 Å². The minimum absolute atomic E-state index is 0.151. The number of carbonyl (C=O) groups is 1. The molecule has 8 nitrogen and oxygen atoms in total. The van der Waals surface area contributed by atoms with Gasteiger partial charge < -0.3 is 9.73 Å². The first-order valence-corrected chi connectivity index (χ1v) is 10.2. The Morgan fingerprint density at radius 2 is 2.21 bits per heavy atom. The fourth-order valence-corrected chi connectivity index (χ4v) is 3.90. The lowest BCUT2D eigenvalue weighted by Crippen LogP contribution is -2.44. The monoisotopic (exact) mass is 398 g/mol. The van der Waals surface area contributed by atoms with E-state index >= 15 is 0 Å². The van der Waals surface area contributed by atoms with Gasteiger partial charge in [0.05, 0.1) is 5.75 Å². The molecule has 1 aliphatic rings. The third-order valence-electron chi connectivity index (χ3n) is 4.68. The van der Waals surface area contributed by atoms with Crippen molar-refractivity contribution in [2.45, 2.75) is 36.3 Å². The summed E-state index contributed by atoms with van der Waals surface area (Å²) in [5.74, 6) is 1.53. The number of pyridine rings is 1. The second kappa shape index (κ2) is 9.03. The third kappa shape index (κ3) is 4.99. The molecule has 0 spiro atoms. The van der Waals surface area contributed by atoms with Crippen LogP contribution in [-0.2, 0) is 12.3 Å². The number of aromatic amines is 1. The molecule has 0 bridgehead atoms. The number of aromatic nitrogens is 4. The molecule has 4 rings (SSSR count). The van der Waals surface area contributed by atoms with Gasteiger partial charge in [0.1, 0.15) is 12.1 Å².